The minimum Gasteiger partial charge on any atom is -0.496 e. The number of methoxy groups -OCH3 is 1. The summed E-state index contributed by atoms with van der Waals surface area (Å²) in [5.74, 6) is 0.362. The third kappa shape index (κ3) is 4.37. The van der Waals surface area contributed by atoms with Crippen molar-refractivity contribution >= 4 is 5.97 Å². The monoisotopic (exact) mass is 252 g/mol. The summed E-state index contributed by atoms with van der Waals surface area (Å²) in [4.78, 5) is 10.4. The van der Waals surface area contributed by atoms with Crippen LogP contribution in [0, 0.1) is 0 Å². The number of carbonyl (C=O) groups is 1. The number of hydrogen-bond donors (Lipinski definition) is 1. The number of carboxylic acids is 1. The fourth-order valence-corrected chi connectivity index (χ4v) is 1.61. The molecule has 0 aliphatic heterocycles. The van der Waals surface area contributed by atoms with Gasteiger partial charge in [0.2, 0.25) is 0 Å². The molecular weight excluding hydrogens is 232 g/mol. The van der Waals surface area contributed by atoms with E-state index >= 15 is 0 Å². The second-order valence-electron chi connectivity index (χ2n) is 4.42. The Bertz CT molecular complexity index is 399. The van der Waals surface area contributed by atoms with E-state index in [1.807, 2.05) is 18.2 Å². The fraction of sp³-hybridized carbons (Fsp3) is 0.500. The first-order valence-corrected chi connectivity index (χ1v) is 6.01. The van der Waals surface area contributed by atoms with Crippen molar-refractivity contribution < 1.29 is 19.4 Å². The van der Waals surface area contributed by atoms with Gasteiger partial charge in [-0.15, -0.1) is 0 Å². The van der Waals surface area contributed by atoms with Crippen molar-refractivity contribution in [2.24, 2.45) is 0 Å². The third-order valence-corrected chi connectivity index (χ3v) is 2.69. The Kier molecular flexibility index (Phi) is 5.65. The predicted octanol–water partition coefficient (Wildman–Crippen LogP) is 2.81. The molecule has 0 bridgehead atoms. The quantitative estimate of drug-likeness (QED) is 0.758. The topological polar surface area (TPSA) is 55.8 Å². The maximum absolute atomic E-state index is 10.4. The summed E-state index contributed by atoms with van der Waals surface area (Å²) in [5.41, 5.74) is 2.17. The molecule has 1 aromatic carbocycles. The van der Waals surface area contributed by atoms with Crippen LogP contribution >= 0.6 is 0 Å². The lowest BCUT2D eigenvalue weighted by atomic mass is 10.0. The normalized spacial score (nSPS) is 10.7. The maximum Gasteiger partial charge on any atom is 0.305 e. The van der Waals surface area contributed by atoms with E-state index in [1.54, 1.807) is 7.11 Å². The van der Waals surface area contributed by atoms with Gasteiger partial charge in [-0.05, 0) is 23.6 Å². The van der Waals surface area contributed by atoms with Crippen LogP contribution in [0.2, 0.25) is 0 Å². The van der Waals surface area contributed by atoms with E-state index in [9.17, 15) is 4.79 Å². The number of benzene rings is 1. The molecule has 0 saturated carbocycles. The highest BCUT2D eigenvalue weighted by Crippen LogP contribution is 2.24. The molecule has 0 fully saturated rings. The Hall–Kier alpha value is -1.55. The number of carboxylic acid groups (broad SMARTS) is 1. The minimum absolute atomic E-state index is 0.0200. The summed E-state index contributed by atoms with van der Waals surface area (Å²) in [5, 5.41) is 8.52. The minimum atomic E-state index is -0.849. The molecule has 18 heavy (non-hydrogen) atoms. The molecule has 4 nitrogen and oxygen atoms in total. The van der Waals surface area contributed by atoms with Crippen LogP contribution in [0.4, 0.5) is 0 Å². The van der Waals surface area contributed by atoms with Crippen molar-refractivity contribution in [3.8, 4) is 5.75 Å². The Morgan fingerprint density at radius 1 is 1.39 bits per heavy atom. The lowest BCUT2D eigenvalue weighted by molar-refractivity contribution is -0.138. The second kappa shape index (κ2) is 7.01. The molecule has 0 unspecified atom stereocenters. The van der Waals surface area contributed by atoms with Crippen molar-refractivity contribution in [3.05, 3.63) is 29.3 Å². The molecule has 0 aliphatic rings. The summed E-state index contributed by atoms with van der Waals surface area (Å²) in [6.45, 7) is 4.83. The molecule has 0 aromatic heterocycles. The first kappa shape index (κ1) is 14.5. The largest absolute Gasteiger partial charge is 0.496 e. The molecule has 0 spiro atoms. The molecule has 0 atom stereocenters. The van der Waals surface area contributed by atoms with E-state index in [0.29, 0.717) is 12.5 Å². The summed E-state index contributed by atoms with van der Waals surface area (Å²) < 4.78 is 10.6. The Balaban J connectivity index is 2.66. The van der Waals surface area contributed by atoms with Crippen LogP contribution in [0.3, 0.4) is 0 Å². The summed E-state index contributed by atoms with van der Waals surface area (Å²) >= 11 is 0. The van der Waals surface area contributed by atoms with Crippen molar-refractivity contribution in [1.29, 1.82) is 0 Å². The van der Waals surface area contributed by atoms with Crippen molar-refractivity contribution in [2.45, 2.75) is 32.8 Å². The molecule has 1 rings (SSSR count). The van der Waals surface area contributed by atoms with Gasteiger partial charge in [-0.25, -0.2) is 0 Å². The van der Waals surface area contributed by atoms with Crippen LogP contribution in [-0.2, 0) is 16.1 Å². The van der Waals surface area contributed by atoms with Gasteiger partial charge in [-0.3, -0.25) is 4.79 Å². The smallest absolute Gasteiger partial charge is 0.305 e. The zero-order valence-corrected chi connectivity index (χ0v) is 11.1. The summed E-state index contributed by atoms with van der Waals surface area (Å²) in [6.07, 6.45) is 0.0200. The highest BCUT2D eigenvalue weighted by atomic mass is 16.5. The molecule has 100 valence electrons. The average molecular weight is 252 g/mol. The molecule has 0 heterocycles. The first-order valence-electron chi connectivity index (χ1n) is 6.01. The van der Waals surface area contributed by atoms with Crippen LogP contribution in [0.15, 0.2) is 18.2 Å². The van der Waals surface area contributed by atoms with Crippen LogP contribution in [0.1, 0.15) is 37.3 Å². The van der Waals surface area contributed by atoms with Gasteiger partial charge in [0.15, 0.2) is 0 Å². The molecular formula is C14H20O4. The highest BCUT2D eigenvalue weighted by Gasteiger charge is 2.07. The van der Waals surface area contributed by atoms with Crippen LogP contribution in [0.25, 0.3) is 0 Å². The Morgan fingerprint density at radius 3 is 2.67 bits per heavy atom. The van der Waals surface area contributed by atoms with Crippen LogP contribution < -0.4 is 4.74 Å². The average Bonchev–Trinajstić information content (AvgIpc) is 2.34. The van der Waals surface area contributed by atoms with Crippen LogP contribution in [-0.4, -0.2) is 24.8 Å². The standard InChI is InChI=1S/C14H20O4/c1-10(2)11-4-5-13(17-3)12(8-11)9-18-7-6-14(15)16/h4-5,8,10H,6-7,9H2,1-3H3,(H,15,16). The van der Waals surface area contributed by atoms with Crippen molar-refractivity contribution in [1.82, 2.24) is 0 Å². The van der Waals surface area contributed by atoms with E-state index < -0.39 is 5.97 Å². The zero-order chi connectivity index (χ0) is 13.5. The molecule has 4 heteroatoms. The zero-order valence-electron chi connectivity index (χ0n) is 11.1. The lowest BCUT2D eigenvalue weighted by Crippen LogP contribution is -2.04. The van der Waals surface area contributed by atoms with Gasteiger partial charge in [-0.1, -0.05) is 19.9 Å². The first-order chi connectivity index (χ1) is 8.54. The fourth-order valence-electron chi connectivity index (χ4n) is 1.61. The number of aliphatic carboxylic acids is 1. The van der Waals surface area contributed by atoms with Gasteiger partial charge in [0.25, 0.3) is 0 Å². The molecule has 1 aromatic rings. The molecule has 0 saturated heterocycles. The van der Waals surface area contributed by atoms with Gasteiger partial charge in [0.05, 0.1) is 26.7 Å². The molecule has 0 radical (unpaired) electrons. The van der Waals surface area contributed by atoms with Gasteiger partial charge < -0.3 is 14.6 Å². The second-order valence-corrected chi connectivity index (χ2v) is 4.42. The molecule has 1 N–H and O–H groups in total. The third-order valence-electron chi connectivity index (χ3n) is 2.69. The van der Waals surface area contributed by atoms with Crippen molar-refractivity contribution in [2.75, 3.05) is 13.7 Å². The maximum atomic E-state index is 10.4. The SMILES string of the molecule is COc1ccc(C(C)C)cc1COCCC(=O)O. The highest BCUT2D eigenvalue weighted by molar-refractivity contribution is 5.66. The number of ether oxygens (including phenoxy) is 2. The molecule has 0 aliphatic carbocycles. The van der Waals surface area contributed by atoms with Crippen LogP contribution in [0.5, 0.6) is 5.75 Å². The van der Waals surface area contributed by atoms with E-state index in [1.165, 1.54) is 5.56 Å². The molecule has 0 amide bonds. The van der Waals surface area contributed by atoms with E-state index in [2.05, 4.69) is 13.8 Å². The van der Waals surface area contributed by atoms with Crippen molar-refractivity contribution in [3.63, 3.8) is 0 Å². The summed E-state index contributed by atoms with van der Waals surface area (Å²) in [7, 11) is 1.62. The van der Waals surface area contributed by atoms with E-state index in [0.717, 1.165) is 11.3 Å². The number of hydrogen-bond acceptors (Lipinski definition) is 3. The Labute approximate surface area is 108 Å². The summed E-state index contributed by atoms with van der Waals surface area (Å²) in [6, 6.07) is 6.00. The predicted molar refractivity (Wildman–Crippen MR) is 69.0 cm³/mol. The van der Waals surface area contributed by atoms with E-state index in [-0.39, 0.29) is 13.0 Å². The van der Waals surface area contributed by atoms with Gasteiger partial charge in [-0.2, -0.15) is 0 Å². The van der Waals surface area contributed by atoms with Gasteiger partial charge in [0.1, 0.15) is 5.75 Å². The van der Waals surface area contributed by atoms with Gasteiger partial charge >= 0.3 is 5.97 Å². The lowest BCUT2D eigenvalue weighted by Gasteiger charge is -2.12. The van der Waals surface area contributed by atoms with Gasteiger partial charge in [0, 0.05) is 5.56 Å². The Morgan fingerprint density at radius 2 is 2.11 bits per heavy atom. The van der Waals surface area contributed by atoms with E-state index in [4.69, 9.17) is 14.6 Å². The number of rotatable bonds is 7.